The molecule has 1 radical (unpaired) electrons. The van der Waals surface area contributed by atoms with Crippen molar-refractivity contribution in [2.24, 2.45) is 0 Å². The molecule has 0 aliphatic carbocycles. The monoisotopic (exact) mass is 483 g/mol. The van der Waals surface area contributed by atoms with E-state index in [9.17, 15) is 5.11 Å². The highest BCUT2D eigenvalue weighted by Crippen LogP contribution is 2.50. The molecule has 0 saturated heterocycles. The lowest BCUT2D eigenvalue weighted by atomic mass is 9.95. The summed E-state index contributed by atoms with van der Waals surface area (Å²) in [5.41, 5.74) is 1.03. The predicted octanol–water partition coefficient (Wildman–Crippen LogP) is 7.53. The van der Waals surface area contributed by atoms with Crippen LogP contribution in [0, 0.1) is 0 Å². The van der Waals surface area contributed by atoms with Gasteiger partial charge in [-0.05, 0) is 30.5 Å². The quantitative estimate of drug-likeness (QED) is 0.393. The van der Waals surface area contributed by atoms with Crippen molar-refractivity contribution in [3.8, 4) is 0 Å². The number of hydrogen-bond acceptors (Lipinski definition) is 0. The van der Waals surface area contributed by atoms with E-state index in [2.05, 4.69) is 0 Å². The van der Waals surface area contributed by atoms with Crippen LogP contribution >= 0.6 is 104 Å². The first kappa shape index (κ1) is 21.8. The lowest BCUT2D eigenvalue weighted by molar-refractivity contribution is 0.189. The van der Waals surface area contributed by atoms with Crippen LogP contribution in [-0.4, -0.2) is 6.61 Å². The zero-order valence-corrected chi connectivity index (χ0v) is 17.4. The van der Waals surface area contributed by atoms with Crippen molar-refractivity contribution >= 4 is 104 Å². The van der Waals surface area contributed by atoms with E-state index in [0.29, 0.717) is 5.56 Å². The van der Waals surface area contributed by atoms with Crippen LogP contribution < -0.4 is 0 Å². The lowest BCUT2D eigenvalue weighted by Crippen LogP contribution is -2.16. The summed E-state index contributed by atoms with van der Waals surface area (Å²) in [6.07, 6.45) is 0.532. The molecule has 0 unspecified atom stereocenters. The molecular formula is C12H8Cl9O. The minimum Gasteiger partial charge on any atom is -0.237 e. The second-order valence-corrected chi connectivity index (χ2v) is 11.2. The summed E-state index contributed by atoms with van der Waals surface area (Å²) in [7, 11) is 0. The Balaban J connectivity index is 3.70. The Kier molecular flexibility index (Phi) is 7.93. The van der Waals surface area contributed by atoms with Crippen molar-refractivity contribution in [1.29, 1.82) is 0 Å². The molecule has 0 bridgehead atoms. The molecule has 0 amide bonds. The van der Waals surface area contributed by atoms with E-state index >= 15 is 0 Å². The molecule has 0 spiro atoms. The van der Waals surface area contributed by atoms with E-state index < -0.39 is 11.4 Å². The molecule has 1 aromatic carbocycles. The van der Waals surface area contributed by atoms with Crippen LogP contribution in [-0.2, 0) is 22.9 Å². The molecular weight excluding hydrogens is 479 g/mol. The summed E-state index contributed by atoms with van der Waals surface area (Å²) in [5.74, 6) is 0. The number of rotatable bonds is 3. The van der Waals surface area contributed by atoms with Crippen LogP contribution in [0.25, 0.3) is 0 Å². The first-order chi connectivity index (χ1) is 9.78. The van der Waals surface area contributed by atoms with E-state index in [1.807, 2.05) is 0 Å². The van der Waals surface area contributed by atoms with Gasteiger partial charge in [0, 0.05) is 16.7 Å². The Hall–Kier alpha value is 1.79. The zero-order valence-electron chi connectivity index (χ0n) is 10.6. The van der Waals surface area contributed by atoms with E-state index in [-0.39, 0.29) is 36.1 Å². The minimum absolute atomic E-state index is 0.186. The van der Waals surface area contributed by atoms with E-state index in [1.165, 1.54) is 12.1 Å². The van der Waals surface area contributed by atoms with E-state index in [1.54, 1.807) is 0 Å². The van der Waals surface area contributed by atoms with Crippen molar-refractivity contribution < 1.29 is 5.11 Å². The SMILES string of the molecule is [O]CCCc1c(C(Cl)(Cl)Cl)cc(C(Cl)(Cl)Cl)cc1C(Cl)(Cl)Cl. The highest BCUT2D eigenvalue weighted by molar-refractivity contribution is 6.68. The fourth-order valence-electron chi connectivity index (χ4n) is 1.86. The van der Waals surface area contributed by atoms with Crippen LogP contribution in [0.15, 0.2) is 12.1 Å². The summed E-state index contributed by atoms with van der Waals surface area (Å²) < 4.78 is -5.48. The summed E-state index contributed by atoms with van der Waals surface area (Å²) in [6.45, 7) is -0.329. The predicted molar refractivity (Wildman–Crippen MR) is 98.0 cm³/mol. The molecule has 0 heterocycles. The summed E-state index contributed by atoms with van der Waals surface area (Å²) >= 11 is 53.5. The molecule has 22 heavy (non-hydrogen) atoms. The van der Waals surface area contributed by atoms with Crippen LogP contribution in [0.3, 0.4) is 0 Å². The van der Waals surface area contributed by atoms with Gasteiger partial charge in [0.1, 0.15) is 0 Å². The van der Waals surface area contributed by atoms with Gasteiger partial charge in [-0.25, -0.2) is 5.11 Å². The molecule has 10 heteroatoms. The third-order valence-electron chi connectivity index (χ3n) is 2.76. The molecule has 1 aromatic rings. The van der Waals surface area contributed by atoms with Crippen molar-refractivity contribution in [3.63, 3.8) is 0 Å². The maximum atomic E-state index is 10.8. The minimum atomic E-state index is -1.84. The van der Waals surface area contributed by atoms with Crippen molar-refractivity contribution in [3.05, 3.63) is 34.4 Å². The van der Waals surface area contributed by atoms with Gasteiger partial charge in [0.05, 0.1) is 6.61 Å². The van der Waals surface area contributed by atoms with Crippen molar-refractivity contribution in [1.82, 2.24) is 0 Å². The van der Waals surface area contributed by atoms with Gasteiger partial charge < -0.3 is 0 Å². The molecule has 125 valence electrons. The van der Waals surface area contributed by atoms with Crippen LogP contribution in [0.1, 0.15) is 28.7 Å². The molecule has 1 nitrogen and oxygen atoms in total. The first-order valence-electron chi connectivity index (χ1n) is 5.75. The fraction of sp³-hybridized carbons (Fsp3) is 0.500. The average molecular weight is 487 g/mol. The summed E-state index contributed by atoms with van der Waals surface area (Å²) in [5, 5.41) is 10.8. The average Bonchev–Trinajstić information content (AvgIpc) is 2.31. The Labute approximate surface area is 173 Å². The van der Waals surface area contributed by atoms with Crippen LogP contribution in [0.5, 0.6) is 0 Å². The van der Waals surface area contributed by atoms with Crippen LogP contribution in [0.2, 0.25) is 0 Å². The Morgan fingerprint density at radius 1 is 0.727 bits per heavy atom. The maximum Gasteiger partial charge on any atom is 0.216 e. The van der Waals surface area contributed by atoms with Crippen molar-refractivity contribution in [2.75, 3.05) is 6.61 Å². The molecule has 0 N–H and O–H groups in total. The van der Waals surface area contributed by atoms with Gasteiger partial charge in [-0.15, -0.1) is 0 Å². The second-order valence-electron chi connectivity index (χ2n) is 4.35. The highest BCUT2D eigenvalue weighted by atomic mass is 35.6. The van der Waals surface area contributed by atoms with Gasteiger partial charge >= 0.3 is 0 Å². The molecule has 0 aliphatic heterocycles. The number of benzene rings is 1. The largest absolute Gasteiger partial charge is 0.237 e. The maximum absolute atomic E-state index is 10.8. The first-order valence-corrected chi connectivity index (χ1v) is 9.15. The second kappa shape index (κ2) is 7.99. The van der Waals surface area contributed by atoms with Gasteiger partial charge in [0.25, 0.3) is 0 Å². The molecule has 0 saturated carbocycles. The van der Waals surface area contributed by atoms with Gasteiger partial charge in [0.2, 0.25) is 11.4 Å². The number of alkyl halides is 9. The van der Waals surface area contributed by atoms with Crippen LogP contribution in [0.4, 0.5) is 0 Å². The van der Waals surface area contributed by atoms with E-state index in [4.69, 9.17) is 104 Å². The Morgan fingerprint density at radius 3 is 1.41 bits per heavy atom. The summed E-state index contributed by atoms with van der Waals surface area (Å²) in [4.78, 5) is 0. The molecule has 0 atom stereocenters. The van der Waals surface area contributed by atoms with Gasteiger partial charge in [-0.1, -0.05) is 104 Å². The summed E-state index contributed by atoms with van der Waals surface area (Å²) in [6, 6.07) is 2.83. The third-order valence-corrected chi connectivity index (χ3v) is 4.64. The topological polar surface area (TPSA) is 19.9 Å². The molecule has 0 aromatic heterocycles. The highest BCUT2D eigenvalue weighted by Gasteiger charge is 2.36. The molecule has 1 rings (SSSR count). The smallest absolute Gasteiger partial charge is 0.216 e. The zero-order chi connectivity index (χ0) is 17.3. The fourth-order valence-corrected chi connectivity index (χ4v) is 3.20. The number of hydrogen-bond donors (Lipinski definition) is 0. The van der Waals surface area contributed by atoms with Gasteiger partial charge in [-0.2, -0.15) is 0 Å². The number of halogens is 9. The Bertz CT molecular complexity index is 490. The van der Waals surface area contributed by atoms with Gasteiger partial charge in [-0.3, -0.25) is 0 Å². The Morgan fingerprint density at radius 2 is 1.14 bits per heavy atom. The third kappa shape index (κ3) is 5.95. The van der Waals surface area contributed by atoms with Gasteiger partial charge in [0.15, 0.2) is 0 Å². The standard InChI is InChI=1S/C12H8Cl9O/c13-10(14,15)6-4-8(11(16,17)18)7(2-1-3-22)9(5-6)12(19,20)21/h4-5H,1-3H2. The normalized spacial score (nSPS) is 13.5. The lowest BCUT2D eigenvalue weighted by Gasteiger charge is -2.26. The molecule has 0 aliphatic rings. The molecule has 0 fully saturated rings. The van der Waals surface area contributed by atoms with E-state index in [0.717, 1.165) is 0 Å². The van der Waals surface area contributed by atoms with Crippen molar-refractivity contribution in [2.45, 2.75) is 24.2 Å².